The number of H-pyrrole nitrogens is 1. The van der Waals surface area contributed by atoms with E-state index in [1.165, 1.54) is 12.1 Å². The normalized spacial score (nSPS) is 10.9. The molecule has 4 nitrogen and oxygen atoms in total. The summed E-state index contributed by atoms with van der Waals surface area (Å²) in [5, 5.41) is 6.33. The van der Waals surface area contributed by atoms with E-state index in [9.17, 15) is 4.39 Å². The molecule has 0 saturated heterocycles. The Bertz CT molecular complexity index is 466. The molecule has 1 aromatic heterocycles. The molecule has 86 valence electrons. The smallest absolute Gasteiger partial charge is 0.201 e. The van der Waals surface area contributed by atoms with E-state index >= 15 is 0 Å². The number of imidazole rings is 1. The number of aromatic nitrogens is 2. The van der Waals surface area contributed by atoms with Crippen molar-refractivity contribution < 1.29 is 4.39 Å². The molecule has 0 saturated carbocycles. The van der Waals surface area contributed by atoms with E-state index in [1.807, 2.05) is 0 Å². The number of hydrogen-bond acceptors (Lipinski definition) is 3. The van der Waals surface area contributed by atoms with Gasteiger partial charge < -0.3 is 15.6 Å². The first-order valence-corrected chi connectivity index (χ1v) is 5.39. The second kappa shape index (κ2) is 4.94. The lowest BCUT2D eigenvalue weighted by molar-refractivity contribution is 0.629. The van der Waals surface area contributed by atoms with Gasteiger partial charge in [0, 0.05) is 13.1 Å². The van der Waals surface area contributed by atoms with E-state index in [4.69, 9.17) is 0 Å². The fourth-order valence-corrected chi connectivity index (χ4v) is 1.51. The largest absolute Gasteiger partial charge is 0.355 e. The van der Waals surface area contributed by atoms with Crippen molar-refractivity contribution in [2.75, 3.05) is 25.0 Å². The van der Waals surface area contributed by atoms with Gasteiger partial charge in [0.2, 0.25) is 5.95 Å². The average Bonchev–Trinajstić information content (AvgIpc) is 2.66. The van der Waals surface area contributed by atoms with Crippen LogP contribution in [0.3, 0.4) is 0 Å². The SMILES string of the molecule is CCNCCNc1nc2ccc(F)cc2[nH]1. The van der Waals surface area contributed by atoms with Crippen molar-refractivity contribution in [3.05, 3.63) is 24.0 Å². The minimum Gasteiger partial charge on any atom is -0.355 e. The predicted molar refractivity (Wildman–Crippen MR) is 63.1 cm³/mol. The first kappa shape index (κ1) is 10.9. The molecule has 0 aliphatic carbocycles. The summed E-state index contributed by atoms with van der Waals surface area (Å²) in [4.78, 5) is 7.31. The Kier molecular flexibility index (Phi) is 3.36. The molecule has 0 unspecified atom stereocenters. The first-order chi connectivity index (χ1) is 7.79. The number of likely N-dealkylation sites (N-methyl/N-ethyl adjacent to an activating group) is 1. The summed E-state index contributed by atoms with van der Waals surface area (Å²) in [7, 11) is 0. The van der Waals surface area contributed by atoms with Gasteiger partial charge in [-0.3, -0.25) is 0 Å². The topological polar surface area (TPSA) is 52.7 Å². The Hall–Kier alpha value is -1.62. The lowest BCUT2D eigenvalue weighted by atomic mass is 10.3. The van der Waals surface area contributed by atoms with Crippen LogP contribution < -0.4 is 10.6 Å². The number of rotatable bonds is 5. The molecule has 0 spiro atoms. The maximum Gasteiger partial charge on any atom is 0.201 e. The Balaban J connectivity index is 2.02. The number of anilines is 1. The van der Waals surface area contributed by atoms with Gasteiger partial charge in [0.15, 0.2) is 0 Å². The van der Waals surface area contributed by atoms with Crippen molar-refractivity contribution in [2.45, 2.75) is 6.92 Å². The maximum atomic E-state index is 12.9. The summed E-state index contributed by atoms with van der Waals surface area (Å²) < 4.78 is 12.9. The van der Waals surface area contributed by atoms with Gasteiger partial charge in [-0.25, -0.2) is 9.37 Å². The minimum absolute atomic E-state index is 0.254. The zero-order valence-electron chi connectivity index (χ0n) is 9.18. The molecule has 1 heterocycles. The lowest BCUT2D eigenvalue weighted by Gasteiger charge is -2.02. The fourth-order valence-electron chi connectivity index (χ4n) is 1.51. The van der Waals surface area contributed by atoms with Crippen molar-refractivity contribution in [3.63, 3.8) is 0 Å². The van der Waals surface area contributed by atoms with Crippen molar-refractivity contribution in [2.24, 2.45) is 0 Å². The molecule has 1 aromatic carbocycles. The van der Waals surface area contributed by atoms with Crippen LogP contribution in [-0.2, 0) is 0 Å². The van der Waals surface area contributed by atoms with E-state index in [0.717, 1.165) is 25.2 Å². The number of hydrogen-bond donors (Lipinski definition) is 3. The highest BCUT2D eigenvalue weighted by Crippen LogP contribution is 2.14. The van der Waals surface area contributed by atoms with Gasteiger partial charge in [-0.1, -0.05) is 6.92 Å². The van der Waals surface area contributed by atoms with Gasteiger partial charge in [-0.2, -0.15) is 0 Å². The van der Waals surface area contributed by atoms with E-state index in [1.54, 1.807) is 6.07 Å². The van der Waals surface area contributed by atoms with Crippen molar-refractivity contribution in [1.82, 2.24) is 15.3 Å². The van der Waals surface area contributed by atoms with Crippen LogP contribution in [0, 0.1) is 5.82 Å². The van der Waals surface area contributed by atoms with Crippen molar-refractivity contribution >= 4 is 17.0 Å². The number of nitrogens with zero attached hydrogens (tertiary/aromatic N) is 1. The second-order valence-corrected chi connectivity index (χ2v) is 3.53. The molecular weight excluding hydrogens is 207 g/mol. The summed E-state index contributed by atoms with van der Waals surface area (Å²) in [6.45, 7) is 4.68. The second-order valence-electron chi connectivity index (χ2n) is 3.53. The number of aromatic amines is 1. The number of fused-ring (bicyclic) bond motifs is 1. The van der Waals surface area contributed by atoms with Crippen LogP contribution in [0.15, 0.2) is 18.2 Å². The average molecular weight is 222 g/mol. The monoisotopic (exact) mass is 222 g/mol. The van der Waals surface area contributed by atoms with E-state index in [0.29, 0.717) is 11.5 Å². The van der Waals surface area contributed by atoms with Gasteiger partial charge in [0.1, 0.15) is 5.82 Å². The molecule has 0 fully saturated rings. The van der Waals surface area contributed by atoms with Gasteiger partial charge >= 0.3 is 0 Å². The van der Waals surface area contributed by atoms with E-state index in [2.05, 4.69) is 27.5 Å². The van der Waals surface area contributed by atoms with Crippen molar-refractivity contribution in [3.8, 4) is 0 Å². The predicted octanol–water partition coefficient (Wildman–Crippen LogP) is 1.72. The Morgan fingerprint density at radius 2 is 2.25 bits per heavy atom. The zero-order valence-corrected chi connectivity index (χ0v) is 9.18. The highest BCUT2D eigenvalue weighted by Gasteiger charge is 2.02. The Morgan fingerprint density at radius 1 is 1.38 bits per heavy atom. The fraction of sp³-hybridized carbons (Fsp3) is 0.364. The molecule has 0 atom stereocenters. The molecule has 3 N–H and O–H groups in total. The van der Waals surface area contributed by atoms with Gasteiger partial charge in [-0.15, -0.1) is 0 Å². The standard InChI is InChI=1S/C11H15FN4/c1-2-13-5-6-14-11-15-9-4-3-8(12)7-10(9)16-11/h3-4,7,13H,2,5-6H2,1H3,(H2,14,15,16). The first-order valence-electron chi connectivity index (χ1n) is 5.39. The van der Waals surface area contributed by atoms with Crippen LogP contribution in [0.5, 0.6) is 0 Å². The molecule has 5 heteroatoms. The molecular formula is C11H15FN4. The van der Waals surface area contributed by atoms with Crippen LogP contribution in [0.2, 0.25) is 0 Å². The van der Waals surface area contributed by atoms with Gasteiger partial charge in [0.05, 0.1) is 11.0 Å². The molecule has 0 aliphatic heterocycles. The summed E-state index contributed by atoms with van der Waals surface area (Å²) in [5.74, 6) is 0.425. The quantitative estimate of drug-likeness (QED) is 0.675. The number of halogens is 1. The maximum absolute atomic E-state index is 12.9. The zero-order chi connectivity index (χ0) is 11.4. The minimum atomic E-state index is -0.254. The summed E-state index contributed by atoms with van der Waals surface area (Å²) in [5.41, 5.74) is 1.48. The summed E-state index contributed by atoms with van der Waals surface area (Å²) in [6, 6.07) is 4.51. The Morgan fingerprint density at radius 3 is 3.06 bits per heavy atom. The van der Waals surface area contributed by atoms with Crippen LogP contribution >= 0.6 is 0 Å². The van der Waals surface area contributed by atoms with E-state index in [-0.39, 0.29) is 5.82 Å². The lowest BCUT2D eigenvalue weighted by Crippen LogP contribution is -2.21. The Labute approximate surface area is 93.3 Å². The van der Waals surface area contributed by atoms with Gasteiger partial charge in [-0.05, 0) is 24.7 Å². The van der Waals surface area contributed by atoms with Crippen LogP contribution in [-0.4, -0.2) is 29.6 Å². The van der Waals surface area contributed by atoms with E-state index < -0.39 is 0 Å². The molecule has 2 aromatic rings. The number of nitrogens with one attached hydrogen (secondary N) is 3. The van der Waals surface area contributed by atoms with Crippen molar-refractivity contribution in [1.29, 1.82) is 0 Å². The molecule has 0 amide bonds. The molecule has 16 heavy (non-hydrogen) atoms. The van der Waals surface area contributed by atoms with Crippen LogP contribution in [0.1, 0.15) is 6.92 Å². The molecule has 0 bridgehead atoms. The highest BCUT2D eigenvalue weighted by atomic mass is 19.1. The highest BCUT2D eigenvalue weighted by molar-refractivity contribution is 5.77. The third-order valence-corrected chi connectivity index (χ3v) is 2.29. The third-order valence-electron chi connectivity index (χ3n) is 2.29. The molecule has 2 rings (SSSR count). The number of benzene rings is 1. The van der Waals surface area contributed by atoms with Gasteiger partial charge in [0.25, 0.3) is 0 Å². The summed E-state index contributed by atoms with van der Waals surface area (Å²) in [6.07, 6.45) is 0. The van der Waals surface area contributed by atoms with Crippen LogP contribution in [0.25, 0.3) is 11.0 Å². The molecule has 0 radical (unpaired) electrons. The molecule has 0 aliphatic rings. The summed E-state index contributed by atoms with van der Waals surface area (Å²) >= 11 is 0. The third kappa shape index (κ3) is 2.49. The van der Waals surface area contributed by atoms with Crippen LogP contribution in [0.4, 0.5) is 10.3 Å².